The topological polar surface area (TPSA) is 21.3 Å². The van der Waals surface area contributed by atoms with Gasteiger partial charge in [0, 0.05) is 12.6 Å². The molecule has 0 aromatic carbocycles. The maximum atomic E-state index is 6.35. The smallest absolute Gasteiger partial charge is 0.0697 e. The van der Waals surface area contributed by atoms with E-state index < -0.39 is 0 Å². The minimum atomic E-state index is 0.213. The highest BCUT2D eigenvalue weighted by Gasteiger charge is 2.36. The molecule has 118 valence electrons. The van der Waals surface area contributed by atoms with Gasteiger partial charge in [0.2, 0.25) is 0 Å². The number of hydrogen-bond donors (Lipinski definition) is 1. The van der Waals surface area contributed by atoms with Gasteiger partial charge in [-0.15, -0.1) is 0 Å². The second-order valence-corrected chi connectivity index (χ2v) is 6.96. The van der Waals surface area contributed by atoms with E-state index >= 15 is 0 Å². The van der Waals surface area contributed by atoms with Crippen molar-refractivity contribution in [1.29, 1.82) is 0 Å². The van der Waals surface area contributed by atoms with Crippen LogP contribution in [-0.2, 0) is 4.74 Å². The lowest BCUT2D eigenvalue weighted by atomic mass is 9.81. The van der Waals surface area contributed by atoms with Gasteiger partial charge in [-0.3, -0.25) is 0 Å². The summed E-state index contributed by atoms with van der Waals surface area (Å²) in [6.07, 6.45) is 17.9. The van der Waals surface area contributed by atoms with Crippen LogP contribution in [-0.4, -0.2) is 24.8 Å². The van der Waals surface area contributed by atoms with E-state index in [1.807, 2.05) is 0 Å². The summed E-state index contributed by atoms with van der Waals surface area (Å²) in [5, 5.41) is 3.66. The Bertz CT molecular complexity index is 240. The standard InChI is InChI=1S/C18H35NO/c1-2-19-17-12-15-20-18(16-17)13-10-8-6-4-3-5-7-9-11-14-18/h17,19H,2-16H2,1H3. The molecule has 0 aromatic rings. The molecular weight excluding hydrogens is 246 g/mol. The highest BCUT2D eigenvalue weighted by atomic mass is 16.5. The van der Waals surface area contributed by atoms with Gasteiger partial charge in [0.05, 0.1) is 5.60 Å². The molecule has 1 heterocycles. The van der Waals surface area contributed by atoms with Gasteiger partial charge < -0.3 is 10.1 Å². The summed E-state index contributed by atoms with van der Waals surface area (Å²) in [5.74, 6) is 0. The molecule has 2 rings (SSSR count). The Morgan fingerprint density at radius 1 is 0.900 bits per heavy atom. The van der Waals surface area contributed by atoms with Crippen LogP contribution in [0.3, 0.4) is 0 Å². The van der Waals surface area contributed by atoms with Crippen molar-refractivity contribution in [3.63, 3.8) is 0 Å². The zero-order valence-electron chi connectivity index (χ0n) is 13.6. The zero-order valence-corrected chi connectivity index (χ0v) is 13.6. The summed E-state index contributed by atoms with van der Waals surface area (Å²) in [4.78, 5) is 0. The highest BCUT2D eigenvalue weighted by molar-refractivity contribution is 4.90. The normalized spacial score (nSPS) is 29.6. The highest BCUT2D eigenvalue weighted by Crippen LogP contribution is 2.35. The Morgan fingerprint density at radius 3 is 2.00 bits per heavy atom. The van der Waals surface area contributed by atoms with Gasteiger partial charge in [0.1, 0.15) is 0 Å². The summed E-state index contributed by atoms with van der Waals surface area (Å²) in [7, 11) is 0. The average molecular weight is 281 g/mol. The fraction of sp³-hybridized carbons (Fsp3) is 1.00. The Balaban J connectivity index is 1.89. The summed E-state index contributed by atoms with van der Waals surface area (Å²) in [6, 6.07) is 0.696. The molecule has 1 N–H and O–H groups in total. The van der Waals surface area contributed by atoms with Crippen LogP contribution in [0.25, 0.3) is 0 Å². The summed E-state index contributed by atoms with van der Waals surface area (Å²) >= 11 is 0. The Hall–Kier alpha value is -0.0800. The molecule has 20 heavy (non-hydrogen) atoms. The van der Waals surface area contributed by atoms with Crippen LogP contribution in [0, 0.1) is 0 Å². The molecule has 1 aliphatic heterocycles. The zero-order chi connectivity index (χ0) is 14.1. The number of ether oxygens (including phenoxy) is 1. The monoisotopic (exact) mass is 281 g/mol. The van der Waals surface area contributed by atoms with Crippen LogP contribution in [0.15, 0.2) is 0 Å². The van der Waals surface area contributed by atoms with E-state index in [9.17, 15) is 0 Å². The molecular formula is C18H35NO. The lowest BCUT2D eigenvalue weighted by molar-refractivity contribution is -0.101. The maximum Gasteiger partial charge on any atom is 0.0697 e. The number of hydrogen-bond acceptors (Lipinski definition) is 2. The molecule has 0 aromatic heterocycles. The van der Waals surface area contributed by atoms with Gasteiger partial charge in [-0.05, 0) is 32.2 Å². The Labute approximate surface area is 126 Å². The minimum Gasteiger partial charge on any atom is -0.375 e. The van der Waals surface area contributed by atoms with E-state index in [1.165, 1.54) is 83.5 Å². The number of nitrogens with one attached hydrogen (secondary N) is 1. The largest absolute Gasteiger partial charge is 0.375 e. The van der Waals surface area contributed by atoms with E-state index in [0.717, 1.165) is 13.2 Å². The first-order valence-electron chi connectivity index (χ1n) is 9.22. The van der Waals surface area contributed by atoms with Crippen molar-refractivity contribution in [3.8, 4) is 0 Å². The van der Waals surface area contributed by atoms with Crippen molar-refractivity contribution in [2.75, 3.05) is 13.2 Å². The molecule has 1 saturated heterocycles. The minimum absolute atomic E-state index is 0.213. The molecule has 0 amide bonds. The first kappa shape index (κ1) is 16.3. The van der Waals surface area contributed by atoms with Gasteiger partial charge in [-0.25, -0.2) is 0 Å². The van der Waals surface area contributed by atoms with Crippen LogP contribution in [0.1, 0.15) is 90.4 Å². The predicted octanol–water partition coefficient (Wildman–Crippen LogP) is 4.82. The molecule has 1 unspecified atom stereocenters. The molecule has 2 aliphatic rings. The summed E-state index contributed by atoms with van der Waals surface area (Å²) < 4.78 is 6.35. The lowest BCUT2D eigenvalue weighted by Crippen LogP contribution is -2.47. The Kier molecular flexibility index (Phi) is 7.37. The fourth-order valence-electron chi connectivity index (χ4n) is 4.10. The maximum absolute atomic E-state index is 6.35. The molecule has 2 heteroatoms. The number of rotatable bonds is 2. The molecule has 1 saturated carbocycles. The lowest BCUT2D eigenvalue weighted by Gasteiger charge is -2.42. The SMILES string of the molecule is CCNC1CCOC2(CCCCCCCCCCC2)C1. The van der Waals surface area contributed by atoms with Crippen LogP contribution in [0.4, 0.5) is 0 Å². The van der Waals surface area contributed by atoms with E-state index in [1.54, 1.807) is 0 Å². The van der Waals surface area contributed by atoms with Crippen molar-refractivity contribution in [3.05, 3.63) is 0 Å². The van der Waals surface area contributed by atoms with Gasteiger partial charge in [0.25, 0.3) is 0 Å². The third-order valence-electron chi connectivity index (χ3n) is 5.25. The molecule has 1 atom stereocenters. The predicted molar refractivity (Wildman–Crippen MR) is 86.2 cm³/mol. The van der Waals surface area contributed by atoms with Crippen molar-refractivity contribution in [1.82, 2.24) is 5.32 Å². The van der Waals surface area contributed by atoms with Crippen LogP contribution < -0.4 is 5.32 Å². The van der Waals surface area contributed by atoms with Gasteiger partial charge >= 0.3 is 0 Å². The van der Waals surface area contributed by atoms with Gasteiger partial charge in [0.15, 0.2) is 0 Å². The summed E-state index contributed by atoms with van der Waals surface area (Å²) in [5.41, 5.74) is 0.213. The Morgan fingerprint density at radius 2 is 1.45 bits per heavy atom. The third-order valence-corrected chi connectivity index (χ3v) is 5.25. The van der Waals surface area contributed by atoms with Crippen molar-refractivity contribution < 1.29 is 4.74 Å². The second-order valence-electron chi connectivity index (χ2n) is 6.96. The van der Waals surface area contributed by atoms with Crippen LogP contribution in [0.5, 0.6) is 0 Å². The molecule has 2 nitrogen and oxygen atoms in total. The van der Waals surface area contributed by atoms with E-state index in [-0.39, 0.29) is 5.60 Å². The first-order valence-corrected chi connectivity index (χ1v) is 9.22. The molecule has 1 spiro atoms. The molecule has 0 radical (unpaired) electrons. The second kappa shape index (κ2) is 9.04. The average Bonchev–Trinajstić information content (AvgIpc) is 2.44. The van der Waals surface area contributed by atoms with Gasteiger partial charge in [-0.1, -0.05) is 64.7 Å². The van der Waals surface area contributed by atoms with E-state index in [4.69, 9.17) is 4.74 Å². The van der Waals surface area contributed by atoms with E-state index in [2.05, 4.69) is 12.2 Å². The molecule has 2 fully saturated rings. The van der Waals surface area contributed by atoms with Crippen molar-refractivity contribution in [2.45, 2.75) is 102 Å². The van der Waals surface area contributed by atoms with Crippen LogP contribution >= 0.6 is 0 Å². The molecule has 0 bridgehead atoms. The van der Waals surface area contributed by atoms with Gasteiger partial charge in [-0.2, -0.15) is 0 Å². The van der Waals surface area contributed by atoms with Crippen LogP contribution in [0.2, 0.25) is 0 Å². The quantitative estimate of drug-likeness (QED) is 0.783. The third kappa shape index (κ3) is 5.37. The van der Waals surface area contributed by atoms with E-state index in [0.29, 0.717) is 6.04 Å². The fourth-order valence-corrected chi connectivity index (χ4v) is 4.10. The van der Waals surface area contributed by atoms with Crippen molar-refractivity contribution in [2.24, 2.45) is 0 Å². The molecule has 1 aliphatic carbocycles. The van der Waals surface area contributed by atoms with Crippen molar-refractivity contribution >= 4 is 0 Å². The summed E-state index contributed by atoms with van der Waals surface area (Å²) in [6.45, 7) is 4.29. The first-order chi connectivity index (χ1) is 9.85.